The van der Waals surface area contributed by atoms with Crippen molar-refractivity contribution in [1.82, 2.24) is 5.32 Å². The first-order valence-electron chi connectivity index (χ1n) is 8.98. The summed E-state index contributed by atoms with van der Waals surface area (Å²) in [4.78, 5) is 12.7. The Kier molecular flexibility index (Phi) is 6.96. The third kappa shape index (κ3) is 4.93. The number of benzene rings is 2. The molecule has 0 spiro atoms. The van der Waals surface area contributed by atoms with Gasteiger partial charge in [-0.15, -0.1) is 23.5 Å². The fourth-order valence-electron chi connectivity index (χ4n) is 3.01. The molecule has 0 saturated carbocycles. The second kappa shape index (κ2) is 9.42. The summed E-state index contributed by atoms with van der Waals surface area (Å²) in [6.45, 7) is 1.94. The maximum atomic E-state index is 12.7. The third-order valence-electron chi connectivity index (χ3n) is 4.52. The SMILES string of the molecule is COc1ccc(OC)c([C@H](C)NC(=O)c2ccc(C3SCCCS3)cc2)c1. The smallest absolute Gasteiger partial charge is 0.251 e. The van der Waals surface area contributed by atoms with Crippen molar-refractivity contribution < 1.29 is 14.3 Å². The lowest BCUT2D eigenvalue weighted by Crippen LogP contribution is -2.27. The number of methoxy groups -OCH3 is 2. The molecule has 1 saturated heterocycles. The third-order valence-corrected chi connectivity index (χ3v) is 7.54. The lowest BCUT2D eigenvalue weighted by molar-refractivity contribution is 0.0939. The van der Waals surface area contributed by atoms with Crippen molar-refractivity contribution in [3.05, 3.63) is 59.2 Å². The zero-order valence-corrected chi connectivity index (χ0v) is 17.5. The Bertz CT molecular complexity index is 773. The van der Waals surface area contributed by atoms with E-state index in [2.05, 4.69) is 17.4 Å². The predicted octanol–water partition coefficient (Wildman–Crippen LogP) is 5.06. The first kappa shape index (κ1) is 20.0. The highest BCUT2D eigenvalue weighted by molar-refractivity contribution is 8.16. The molecule has 6 heteroatoms. The molecule has 1 N–H and O–H groups in total. The highest BCUT2D eigenvalue weighted by Crippen LogP contribution is 2.43. The molecule has 1 fully saturated rings. The number of thioether (sulfide) groups is 2. The Morgan fingerprint density at radius 3 is 2.41 bits per heavy atom. The van der Waals surface area contributed by atoms with Crippen LogP contribution in [0, 0.1) is 0 Å². The highest BCUT2D eigenvalue weighted by atomic mass is 32.2. The molecule has 0 aliphatic carbocycles. The van der Waals surface area contributed by atoms with Gasteiger partial charge in [0.05, 0.1) is 24.8 Å². The minimum atomic E-state index is -0.202. The number of amides is 1. The average molecular weight is 404 g/mol. The van der Waals surface area contributed by atoms with Crippen LogP contribution >= 0.6 is 23.5 Å². The summed E-state index contributed by atoms with van der Waals surface area (Å²) in [6.07, 6.45) is 1.28. The molecule has 2 aromatic carbocycles. The van der Waals surface area contributed by atoms with Gasteiger partial charge >= 0.3 is 0 Å². The van der Waals surface area contributed by atoms with E-state index in [1.165, 1.54) is 23.5 Å². The molecule has 1 heterocycles. The van der Waals surface area contributed by atoms with E-state index in [4.69, 9.17) is 9.47 Å². The van der Waals surface area contributed by atoms with E-state index in [-0.39, 0.29) is 11.9 Å². The summed E-state index contributed by atoms with van der Waals surface area (Å²) >= 11 is 3.97. The molecule has 3 rings (SSSR count). The summed E-state index contributed by atoms with van der Waals surface area (Å²) in [5.74, 6) is 3.78. The average Bonchev–Trinajstić information content (AvgIpc) is 2.73. The highest BCUT2D eigenvalue weighted by Gasteiger charge is 2.19. The first-order valence-corrected chi connectivity index (χ1v) is 11.1. The van der Waals surface area contributed by atoms with Gasteiger partial charge in [-0.25, -0.2) is 0 Å². The van der Waals surface area contributed by atoms with Crippen LogP contribution in [0.2, 0.25) is 0 Å². The zero-order chi connectivity index (χ0) is 19.2. The monoisotopic (exact) mass is 403 g/mol. The van der Waals surface area contributed by atoms with E-state index in [1.807, 2.05) is 60.8 Å². The van der Waals surface area contributed by atoms with Crippen LogP contribution in [-0.2, 0) is 0 Å². The van der Waals surface area contributed by atoms with Crippen LogP contribution in [0.3, 0.4) is 0 Å². The number of ether oxygens (including phenoxy) is 2. The summed E-state index contributed by atoms with van der Waals surface area (Å²) < 4.78 is 11.2. The molecule has 0 radical (unpaired) electrons. The van der Waals surface area contributed by atoms with Crippen molar-refractivity contribution in [3.63, 3.8) is 0 Å². The van der Waals surface area contributed by atoms with Crippen LogP contribution in [0.15, 0.2) is 42.5 Å². The van der Waals surface area contributed by atoms with Crippen molar-refractivity contribution in [2.24, 2.45) is 0 Å². The van der Waals surface area contributed by atoms with Crippen LogP contribution < -0.4 is 14.8 Å². The van der Waals surface area contributed by atoms with Gasteiger partial charge in [-0.3, -0.25) is 4.79 Å². The van der Waals surface area contributed by atoms with E-state index in [9.17, 15) is 4.79 Å². The molecule has 0 bridgehead atoms. The van der Waals surface area contributed by atoms with Crippen LogP contribution in [0.25, 0.3) is 0 Å². The molecule has 0 aromatic heterocycles. The zero-order valence-electron chi connectivity index (χ0n) is 15.9. The van der Waals surface area contributed by atoms with Gasteiger partial charge in [-0.05, 0) is 60.7 Å². The molecule has 4 nitrogen and oxygen atoms in total. The Morgan fingerprint density at radius 2 is 1.78 bits per heavy atom. The number of rotatable bonds is 6. The van der Waals surface area contributed by atoms with Gasteiger partial charge in [-0.2, -0.15) is 0 Å². The minimum absolute atomic E-state index is 0.0946. The van der Waals surface area contributed by atoms with E-state index >= 15 is 0 Å². The van der Waals surface area contributed by atoms with E-state index in [0.717, 1.165) is 17.1 Å². The molecule has 1 aliphatic heterocycles. The number of hydrogen-bond donors (Lipinski definition) is 1. The molecule has 1 amide bonds. The van der Waals surface area contributed by atoms with E-state index < -0.39 is 0 Å². The molecule has 2 aromatic rings. The Morgan fingerprint density at radius 1 is 1.07 bits per heavy atom. The quantitative estimate of drug-likeness (QED) is 0.730. The summed E-state index contributed by atoms with van der Waals surface area (Å²) in [6, 6.07) is 13.4. The standard InChI is InChI=1S/C21H25NO3S2/c1-14(18-13-17(24-2)9-10-19(18)25-3)22-20(23)15-5-7-16(8-6-15)21-26-11-4-12-27-21/h5-10,13-14,21H,4,11-12H2,1-3H3,(H,22,23)/t14-/m0/s1. The maximum Gasteiger partial charge on any atom is 0.251 e. The molecule has 144 valence electrons. The molecular formula is C21H25NO3S2. The lowest BCUT2D eigenvalue weighted by Gasteiger charge is -2.21. The molecule has 0 unspecified atom stereocenters. The van der Waals surface area contributed by atoms with E-state index in [0.29, 0.717) is 10.1 Å². The number of carbonyl (C=O) groups excluding carboxylic acids is 1. The molecule has 27 heavy (non-hydrogen) atoms. The van der Waals surface area contributed by atoms with Gasteiger partial charge in [-0.1, -0.05) is 12.1 Å². The van der Waals surface area contributed by atoms with Crippen molar-refractivity contribution in [1.29, 1.82) is 0 Å². The largest absolute Gasteiger partial charge is 0.497 e. The Hall–Kier alpha value is -1.79. The van der Waals surface area contributed by atoms with Crippen LogP contribution in [0.5, 0.6) is 11.5 Å². The number of hydrogen-bond acceptors (Lipinski definition) is 5. The fraction of sp³-hybridized carbons (Fsp3) is 0.381. The second-order valence-electron chi connectivity index (χ2n) is 6.35. The van der Waals surface area contributed by atoms with Crippen molar-refractivity contribution >= 4 is 29.4 Å². The van der Waals surface area contributed by atoms with Crippen LogP contribution in [0.4, 0.5) is 0 Å². The van der Waals surface area contributed by atoms with E-state index in [1.54, 1.807) is 14.2 Å². The van der Waals surface area contributed by atoms with Crippen molar-refractivity contribution in [3.8, 4) is 11.5 Å². The van der Waals surface area contributed by atoms with Crippen molar-refractivity contribution in [2.75, 3.05) is 25.7 Å². The number of nitrogens with one attached hydrogen (secondary N) is 1. The van der Waals surface area contributed by atoms with Crippen LogP contribution in [0.1, 0.15) is 45.5 Å². The molecule has 1 aliphatic rings. The summed E-state index contributed by atoms with van der Waals surface area (Å²) in [5, 5.41) is 3.05. The van der Waals surface area contributed by atoms with Crippen molar-refractivity contribution in [2.45, 2.75) is 24.0 Å². The summed E-state index contributed by atoms with van der Waals surface area (Å²) in [5.41, 5.74) is 2.83. The topological polar surface area (TPSA) is 47.6 Å². The first-order chi connectivity index (χ1) is 13.1. The Labute approximate surface area is 169 Å². The predicted molar refractivity (Wildman–Crippen MR) is 114 cm³/mol. The van der Waals surface area contributed by atoms with Crippen LogP contribution in [-0.4, -0.2) is 31.6 Å². The molecular weight excluding hydrogens is 378 g/mol. The lowest BCUT2D eigenvalue weighted by atomic mass is 10.1. The Balaban J connectivity index is 1.69. The van der Waals surface area contributed by atoms with Gasteiger partial charge in [0, 0.05) is 11.1 Å². The van der Waals surface area contributed by atoms with Gasteiger partial charge in [0.2, 0.25) is 0 Å². The fourth-order valence-corrected chi connectivity index (χ4v) is 5.90. The van der Waals surface area contributed by atoms with Gasteiger partial charge in [0.25, 0.3) is 5.91 Å². The normalized spacial score (nSPS) is 15.8. The maximum absolute atomic E-state index is 12.7. The van der Waals surface area contributed by atoms with Gasteiger partial charge in [0.1, 0.15) is 11.5 Å². The second-order valence-corrected chi connectivity index (χ2v) is 9.08. The summed E-state index contributed by atoms with van der Waals surface area (Å²) in [7, 11) is 3.25. The minimum Gasteiger partial charge on any atom is -0.497 e. The number of carbonyl (C=O) groups is 1. The van der Waals surface area contributed by atoms with Gasteiger partial charge in [0.15, 0.2) is 0 Å². The molecule has 1 atom stereocenters. The van der Waals surface area contributed by atoms with Gasteiger partial charge < -0.3 is 14.8 Å².